The Morgan fingerprint density at radius 2 is 1.58 bits per heavy atom. The summed E-state index contributed by atoms with van der Waals surface area (Å²) >= 11 is 0. The van der Waals surface area contributed by atoms with Gasteiger partial charge < -0.3 is 10.1 Å². The second-order valence-corrected chi connectivity index (χ2v) is 5.46. The molecule has 0 saturated carbocycles. The second-order valence-electron chi connectivity index (χ2n) is 5.46. The Hall–Kier alpha value is -3.58. The third kappa shape index (κ3) is 4.96. The van der Waals surface area contributed by atoms with Crippen molar-refractivity contribution in [3.8, 4) is 17.6 Å². The number of anilines is 1. The van der Waals surface area contributed by atoms with Crippen LogP contribution in [0.5, 0.6) is 5.75 Å². The van der Waals surface area contributed by atoms with Gasteiger partial charge in [-0.2, -0.15) is 0 Å². The van der Waals surface area contributed by atoms with E-state index in [4.69, 9.17) is 4.74 Å². The van der Waals surface area contributed by atoms with Crippen LogP contribution in [0.1, 0.15) is 11.1 Å². The summed E-state index contributed by atoms with van der Waals surface area (Å²) in [6.07, 6.45) is 0. The molecule has 0 bridgehead atoms. The molecule has 0 aliphatic rings. The van der Waals surface area contributed by atoms with Crippen LogP contribution in [0.25, 0.3) is 0 Å². The van der Waals surface area contributed by atoms with Crippen LogP contribution in [-0.4, -0.2) is 12.5 Å². The number of para-hydroxylation sites is 1. The number of halogens is 1. The molecule has 0 aliphatic heterocycles. The van der Waals surface area contributed by atoms with Crippen LogP contribution in [0.4, 0.5) is 10.1 Å². The predicted octanol–water partition coefficient (Wildman–Crippen LogP) is 4.24. The number of benzene rings is 3. The minimum absolute atomic E-state index is 0.0464. The van der Waals surface area contributed by atoms with Gasteiger partial charge in [0.2, 0.25) is 0 Å². The molecule has 0 aliphatic carbocycles. The molecular formula is C22H16FNO2. The molecule has 128 valence electrons. The number of carbonyl (C=O) groups excluding carboxylic acids is 1. The van der Waals surface area contributed by atoms with Gasteiger partial charge in [0.25, 0.3) is 5.91 Å². The number of nitrogens with one attached hydrogen (secondary N) is 1. The standard InChI is InChI=1S/C22H16FNO2/c23-20-11-4-5-12-21(20)26-16-22(25)24-19-10-6-9-18(15-19)14-13-17-7-2-1-3-8-17/h1-12,15H,16H2,(H,24,25). The lowest BCUT2D eigenvalue weighted by atomic mass is 10.1. The Balaban J connectivity index is 1.61. The normalized spacial score (nSPS) is 9.73. The van der Waals surface area contributed by atoms with E-state index in [-0.39, 0.29) is 18.3 Å². The summed E-state index contributed by atoms with van der Waals surface area (Å²) in [6.45, 7) is -0.277. The fraction of sp³-hybridized carbons (Fsp3) is 0.0455. The highest BCUT2D eigenvalue weighted by Gasteiger charge is 2.06. The van der Waals surface area contributed by atoms with Crippen molar-refractivity contribution in [2.75, 3.05) is 11.9 Å². The van der Waals surface area contributed by atoms with Crippen molar-refractivity contribution in [1.82, 2.24) is 0 Å². The first-order chi connectivity index (χ1) is 12.7. The number of ether oxygens (including phenoxy) is 1. The fourth-order valence-electron chi connectivity index (χ4n) is 2.24. The van der Waals surface area contributed by atoms with Gasteiger partial charge in [0.1, 0.15) is 0 Å². The highest BCUT2D eigenvalue weighted by Crippen LogP contribution is 2.15. The molecule has 3 rings (SSSR count). The van der Waals surface area contributed by atoms with E-state index in [0.717, 1.165) is 11.1 Å². The monoisotopic (exact) mass is 345 g/mol. The van der Waals surface area contributed by atoms with E-state index < -0.39 is 5.82 Å². The zero-order chi connectivity index (χ0) is 18.2. The molecule has 0 heterocycles. The highest BCUT2D eigenvalue weighted by atomic mass is 19.1. The summed E-state index contributed by atoms with van der Waals surface area (Å²) in [5.74, 6) is 5.29. The van der Waals surface area contributed by atoms with Crippen LogP contribution < -0.4 is 10.1 Å². The number of carbonyl (C=O) groups is 1. The van der Waals surface area contributed by atoms with Crippen molar-refractivity contribution < 1.29 is 13.9 Å². The molecule has 4 heteroatoms. The van der Waals surface area contributed by atoms with Gasteiger partial charge in [-0.05, 0) is 42.5 Å². The summed E-state index contributed by atoms with van der Waals surface area (Å²) < 4.78 is 18.7. The number of hydrogen-bond acceptors (Lipinski definition) is 2. The first kappa shape index (κ1) is 17.2. The maximum Gasteiger partial charge on any atom is 0.262 e. The van der Waals surface area contributed by atoms with Crippen molar-refractivity contribution in [3.63, 3.8) is 0 Å². The average molecular weight is 345 g/mol. The first-order valence-corrected chi connectivity index (χ1v) is 8.05. The lowest BCUT2D eigenvalue weighted by Gasteiger charge is -2.08. The Morgan fingerprint density at radius 1 is 0.885 bits per heavy atom. The molecule has 3 aromatic carbocycles. The van der Waals surface area contributed by atoms with Gasteiger partial charge in [0.15, 0.2) is 18.2 Å². The van der Waals surface area contributed by atoms with E-state index in [1.807, 2.05) is 42.5 Å². The molecule has 1 N–H and O–H groups in total. The lowest BCUT2D eigenvalue weighted by molar-refractivity contribution is -0.118. The fourth-order valence-corrected chi connectivity index (χ4v) is 2.24. The third-order valence-corrected chi connectivity index (χ3v) is 3.47. The maximum atomic E-state index is 13.5. The molecule has 26 heavy (non-hydrogen) atoms. The third-order valence-electron chi connectivity index (χ3n) is 3.47. The van der Waals surface area contributed by atoms with Gasteiger partial charge in [0.05, 0.1) is 0 Å². The van der Waals surface area contributed by atoms with E-state index in [0.29, 0.717) is 5.69 Å². The minimum atomic E-state index is -0.501. The van der Waals surface area contributed by atoms with Crippen LogP contribution in [0, 0.1) is 17.7 Å². The van der Waals surface area contributed by atoms with Crippen LogP contribution in [0.15, 0.2) is 78.9 Å². The van der Waals surface area contributed by atoms with Gasteiger partial charge in [0, 0.05) is 16.8 Å². The van der Waals surface area contributed by atoms with Crippen LogP contribution in [-0.2, 0) is 4.79 Å². The number of rotatable bonds is 4. The molecule has 0 atom stereocenters. The zero-order valence-electron chi connectivity index (χ0n) is 13.9. The van der Waals surface area contributed by atoms with E-state index >= 15 is 0 Å². The minimum Gasteiger partial charge on any atom is -0.481 e. The molecule has 3 nitrogen and oxygen atoms in total. The number of amides is 1. The van der Waals surface area contributed by atoms with Gasteiger partial charge >= 0.3 is 0 Å². The van der Waals surface area contributed by atoms with Crippen LogP contribution >= 0.6 is 0 Å². The van der Waals surface area contributed by atoms with E-state index in [9.17, 15) is 9.18 Å². The van der Waals surface area contributed by atoms with Gasteiger partial charge in [-0.25, -0.2) is 4.39 Å². The van der Waals surface area contributed by atoms with Crippen molar-refractivity contribution in [2.45, 2.75) is 0 Å². The van der Waals surface area contributed by atoms with E-state index in [2.05, 4.69) is 17.2 Å². The zero-order valence-corrected chi connectivity index (χ0v) is 13.9. The van der Waals surface area contributed by atoms with Crippen molar-refractivity contribution in [2.24, 2.45) is 0 Å². The molecule has 0 fully saturated rings. The quantitative estimate of drug-likeness (QED) is 0.718. The first-order valence-electron chi connectivity index (χ1n) is 8.05. The van der Waals surface area contributed by atoms with Gasteiger partial charge in [-0.3, -0.25) is 4.79 Å². The smallest absolute Gasteiger partial charge is 0.262 e. The molecule has 0 spiro atoms. The summed E-state index contributed by atoms with van der Waals surface area (Å²) in [5, 5.41) is 2.72. The molecule has 0 saturated heterocycles. The Labute approximate surface area is 151 Å². The maximum absolute atomic E-state index is 13.5. The van der Waals surface area contributed by atoms with Crippen LogP contribution in [0.2, 0.25) is 0 Å². The van der Waals surface area contributed by atoms with E-state index in [1.54, 1.807) is 24.3 Å². The van der Waals surface area contributed by atoms with Gasteiger partial charge in [-0.15, -0.1) is 0 Å². The Kier molecular flexibility index (Phi) is 5.64. The molecule has 0 radical (unpaired) electrons. The largest absolute Gasteiger partial charge is 0.481 e. The van der Waals surface area contributed by atoms with Crippen molar-refractivity contribution >= 4 is 11.6 Å². The van der Waals surface area contributed by atoms with Gasteiger partial charge in [-0.1, -0.05) is 48.2 Å². The van der Waals surface area contributed by atoms with E-state index in [1.165, 1.54) is 12.1 Å². The molecule has 3 aromatic rings. The SMILES string of the molecule is O=C(COc1ccccc1F)Nc1cccc(C#Cc2ccccc2)c1. The number of hydrogen-bond donors (Lipinski definition) is 1. The molecular weight excluding hydrogens is 329 g/mol. The van der Waals surface area contributed by atoms with Crippen molar-refractivity contribution in [3.05, 3.63) is 95.8 Å². The Morgan fingerprint density at radius 3 is 2.38 bits per heavy atom. The Bertz CT molecular complexity index is 958. The highest BCUT2D eigenvalue weighted by molar-refractivity contribution is 5.92. The summed E-state index contributed by atoms with van der Waals surface area (Å²) in [4.78, 5) is 12.0. The second kappa shape index (κ2) is 8.50. The summed E-state index contributed by atoms with van der Waals surface area (Å²) in [6, 6.07) is 22.8. The van der Waals surface area contributed by atoms with Crippen molar-refractivity contribution in [1.29, 1.82) is 0 Å². The predicted molar refractivity (Wildman–Crippen MR) is 99.4 cm³/mol. The van der Waals surface area contributed by atoms with Crippen LogP contribution in [0.3, 0.4) is 0 Å². The molecule has 0 aromatic heterocycles. The molecule has 0 unspecified atom stereocenters. The lowest BCUT2D eigenvalue weighted by Crippen LogP contribution is -2.20. The average Bonchev–Trinajstić information content (AvgIpc) is 2.67. The molecule has 1 amide bonds. The summed E-state index contributed by atoms with van der Waals surface area (Å²) in [5.41, 5.74) is 2.30. The topological polar surface area (TPSA) is 38.3 Å². The summed E-state index contributed by atoms with van der Waals surface area (Å²) in [7, 11) is 0.